The van der Waals surface area contributed by atoms with Gasteiger partial charge < -0.3 is 39.5 Å². The van der Waals surface area contributed by atoms with E-state index in [1.165, 1.54) is 14.0 Å². The zero-order valence-electron chi connectivity index (χ0n) is 17.9. The smallest absolute Gasteiger partial charge is 0.565 e. The molecule has 0 aromatic rings. The van der Waals surface area contributed by atoms with Gasteiger partial charge in [0, 0.05) is 47.6 Å². The minimum absolute atomic E-state index is 0. The van der Waals surface area contributed by atoms with Crippen LogP contribution in [-0.4, -0.2) is 98.3 Å². The Morgan fingerprint density at radius 1 is 0.862 bits per heavy atom. The summed E-state index contributed by atoms with van der Waals surface area (Å²) in [5.74, 6) is -11.6. The number of aliphatic carboxylic acids is 2. The number of hydrogen-bond donors (Lipinski definition) is 0. The molecule has 0 aromatic heterocycles. The molecule has 150 valence electrons. The predicted octanol–water partition coefficient (Wildman–Crippen LogP) is -10.1. The Bertz CT molecular complexity index is 530. The first-order valence-corrected chi connectivity index (χ1v) is 8.01. The minimum atomic E-state index is -1.71. The van der Waals surface area contributed by atoms with Gasteiger partial charge in [-0.3, -0.25) is 0 Å². The van der Waals surface area contributed by atoms with Crippen molar-refractivity contribution >= 4 is 61.6 Å². The molecule has 0 rings (SSSR count). The molecule has 0 aromatic carbocycles. The Kier molecular flexibility index (Phi) is 24.0. The number of rotatable bonds is 13. The largest absolute Gasteiger partial charge is 2.00 e. The second kappa shape index (κ2) is 18.6. The van der Waals surface area contributed by atoms with E-state index in [1.54, 1.807) is 6.92 Å². The SMILES string of the molecule is CCC(OC)C(C(=O)[O-])C(CC(OC)C(C(=O)[OH2+])C(C)C(=O)[OH2+])C(=O)[O-].[Ca+2].[Na+].[Na+]. The molecule has 10 nitrogen and oxygen atoms in total. The molecule has 29 heavy (non-hydrogen) atoms. The molecule has 0 aliphatic rings. The summed E-state index contributed by atoms with van der Waals surface area (Å²) in [6.07, 6.45) is -2.60. The van der Waals surface area contributed by atoms with Crippen LogP contribution in [0, 0.1) is 23.7 Å². The van der Waals surface area contributed by atoms with Gasteiger partial charge in [-0.15, -0.1) is 0 Å². The van der Waals surface area contributed by atoms with E-state index in [2.05, 4.69) is 0 Å². The molecule has 13 heteroatoms. The van der Waals surface area contributed by atoms with E-state index in [-0.39, 0.29) is 103 Å². The van der Waals surface area contributed by atoms with Gasteiger partial charge >= 0.3 is 109 Å². The van der Waals surface area contributed by atoms with Crippen molar-refractivity contribution < 1.29 is 108 Å². The van der Waals surface area contributed by atoms with Crippen LogP contribution < -0.4 is 69.3 Å². The van der Waals surface area contributed by atoms with Gasteiger partial charge in [0.15, 0.2) is 5.92 Å². The molecule has 0 bridgehead atoms. The number of methoxy groups -OCH3 is 2. The van der Waals surface area contributed by atoms with Crippen molar-refractivity contribution in [3.63, 3.8) is 0 Å². The minimum Gasteiger partial charge on any atom is -0.565 e. The van der Waals surface area contributed by atoms with E-state index < -0.39 is 66.2 Å². The van der Waals surface area contributed by atoms with Gasteiger partial charge in [-0.05, 0) is 19.8 Å². The summed E-state index contributed by atoms with van der Waals surface area (Å²) in [4.78, 5) is 46.0. The molecule has 0 radical (unpaired) electrons. The number of carbonyl (C=O) groups is 4. The Morgan fingerprint density at radius 2 is 1.31 bits per heavy atom. The first-order chi connectivity index (χ1) is 12.0. The van der Waals surface area contributed by atoms with E-state index in [0.29, 0.717) is 0 Å². The second-order valence-electron chi connectivity index (χ2n) is 6.01. The van der Waals surface area contributed by atoms with Gasteiger partial charge in [0.2, 0.25) is 0 Å². The Labute approximate surface area is 243 Å². The molecule has 0 amide bonds. The molecule has 0 spiro atoms. The number of hydrogen-bond acceptors (Lipinski definition) is 8. The topological polar surface area (TPSA) is 179 Å². The van der Waals surface area contributed by atoms with Gasteiger partial charge in [0.25, 0.3) is 0 Å². The molecule has 0 saturated heterocycles. The van der Waals surface area contributed by atoms with Gasteiger partial charge in [-0.2, -0.15) is 0 Å². The van der Waals surface area contributed by atoms with E-state index >= 15 is 0 Å². The Hall–Kier alpha value is 1.06. The molecule has 6 atom stereocenters. The van der Waals surface area contributed by atoms with Crippen molar-refractivity contribution in [1.82, 2.24) is 0 Å². The van der Waals surface area contributed by atoms with Crippen LogP contribution in [0.5, 0.6) is 0 Å². The fourth-order valence-corrected chi connectivity index (χ4v) is 3.05. The van der Waals surface area contributed by atoms with Gasteiger partial charge in [-0.25, -0.2) is 0 Å². The van der Waals surface area contributed by atoms with Crippen LogP contribution in [-0.2, 0) is 28.7 Å². The summed E-state index contributed by atoms with van der Waals surface area (Å²) in [6.45, 7) is 2.84. The average molecular weight is 464 g/mol. The van der Waals surface area contributed by atoms with Gasteiger partial charge in [-0.1, -0.05) is 6.92 Å². The fraction of sp³-hybridized carbons (Fsp3) is 0.750. The van der Waals surface area contributed by atoms with Crippen molar-refractivity contribution in [3.05, 3.63) is 0 Å². The molecule has 4 N–H and O–H groups in total. The number of ether oxygens (including phenoxy) is 2. The molecular formula is C16H26CaNa2O10+4. The zero-order chi connectivity index (χ0) is 20.6. The van der Waals surface area contributed by atoms with Crippen molar-refractivity contribution in [2.75, 3.05) is 14.2 Å². The third-order valence-corrected chi connectivity index (χ3v) is 4.56. The maximum Gasteiger partial charge on any atom is 2.00 e. The zero-order valence-corrected chi connectivity index (χ0v) is 24.1. The summed E-state index contributed by atoms with van der Waals surface area (Å²) < 4.78 is 10.1. The fourth-order valence-electron chi connectivity index (χ4n) is 3.05. The van der Waals surface area contributed by atoms with Crippen LogP contribution in [0.15, 0.2) is 0 Å². The maximum absolute atomic E-state index is 11.6. The van der Waals surface area contributed by atoms with Crippen molar-refractivity contribution in [2.45, 2.75) is 38.9 Å². The Morgan fingerprint density at radius 3 is 1.55 bits per heavy atom. The first-order valence-electron chi connectivity index (χ1n) is 8.01. The summed E-state index contributed by atoms with van der Waals surface area (Å²) in [5, 5.41) is 37.6. The van der Waals surface area contributed by atoms with Gasteiger partial charge in [0.1, 0.15) is 5.92 Å². The van der Waals surface area contributed by atoms with Crippen LogP contribution in [0.2, 0.25) is 0 Å². The summed E-state index contributed by atoms with van der Waals surface area (Å²) in [6, 6.07) is 0. The van der Waals surface area contributed by atoms with Crippen molar-refractivity contribution in [2.24, 2.45) is 23.7 Å². The Balaban J connectivity index is -0.00000104. The molecular weight excluding hydrogens is 438 g/mol. The van der Waals surface area contributed by atoms with Crippen molar-refractivity contribution in [3.8, 4) is 0 Å². The molecule has 0 aliphatic heterocycles. The van der Waals surface area contributed by atoms with Crippen molar-refractivity contribution in [1.29, 1.82) is 0 Å². The summed E-state index contributed by atoms with van der Waals surface area (Å²) >= 11 is 0. The summed E-state index contributed by atoms with van der Waals surface area (Å²) in [7, 11) is 2.36. The molecule has 0 heterocycles. The maximum atomic E-state index is 11.6. The van der Waals surface area contributed by atoms with Crippen LogP contribution in [0.25, 0.3) is 0 Å². The van der Waals surface area contributed by atoms with Gasteiger partial charge in [0.05, 0.1) is 12.2 Å². The van der Waals surface area contributed by atoms with Crippen LogP contribution >= 0.6 is 0 Å². The molecule has 0 fully saturated rings. The normalized spacial score (nSPS) is 16.3. The number of carboxylic acids is 2. The summed E-state index contributed by atoms with van der Waals surface area (Å²) in [5.41, 5.74) is 0. The third-order valence-electron chi connectivity index (χ3n) is 4.56. The van der Waals surface area contributed by atoms with Crippen LogP contribution in [0.1, 0.15) is 26.7 Å². The van der Waals surface area contributed by atoms with Crippen LogP contribution in [0.4, 0.5) is 0 Å². The number of carbonyl (C=O) groups excluding carboxylic acids is 4. The quantitative estimate of drug-likeness (QED) is 0.190. The van der Waals surface area contributed by atoms with E-state index in [4.69, 9.17) is 19.7 Å². The van der Waals surface area contributed by atoms with Crippen LogP contribution in [0.3, 0.4) is 0 Å². The second-order valence-corrected chi connectivity index (χ2v) is 6.01. The number of carboxylic acid groups (broad SMARTS) is 2. The van der Waals surface area contributed by atoms with E-state index in [0.717, 1.165) is 7.11 Å². The molecule has 0 saturated carbocycles. The molecule has 6 unspecified atom stereocenters. The monoisotopic (exact) mass is 464 g/mol. The van der Waals surface area contributed by atoms with E-state index in [9.17, 15) is 29.4 Å². The predicted molar refractivity (Wildman–Crippen MR) is 89.1 cm³/mol. The molecule has 0 aliphatic carbocycles. The van der Waals surface area contributed by atoms with E-state index in [1.807, 2.05) is 0 Å². The standard InChI is InChI=1S/C16H26O10.Ca.2Na/c1-5-9(25-3)12(16(23)24)8(14(19)20)6-10(26-4)11(15(21)22)7(2)13(17)18;;;/h7-12H,5-6H2,1-4H3,(H,17,18)(H,19,20)(H,21,22)(H,23,24);;;/q;+2;2*+1. The first kappa shape index (κ1) is 37.4. The average Bonchev–Trinajstić information content (AvgIpc) is 2.55. The third kappa shape index (κ3) is 11.5.